The predicted octanol–water partition coefficient (Wildman–Crippen LogP) is 3.85. The summed E-state index contributed by atoms with van der Waals surface area (Å²) in [4.78, 5) is 0. The van der Waals surface area contributed by atoms with Crippen LogP contribution < -0.4 is 0 Å². The number of hydrogen-bond donors (Lipinski definition) is 0. The van der Waals surface area contributed by atoms with E-state index in [1.165, 1.54) is 11.1 Å². The largest absolute Gasteiger partial charge is 0.370 e. The number of aryl methyl sites for hydroxylation is 1. The number of halogens is 1. The van der Waals surface area contributed by atoms with Crippen molar-refractivity contribution in [3.63, 3.8) is 0 Å². The molecule has 1 atom stereocenters. The predicted molar refractivity (Wildman–Crippen MR) is 63.3 cm³/mol. The second kappa shape index (κ2) is 5.32. The molecule has 0 heterocycles. The summed E-state index contributed by atoms with van der Waals surface area (Å²) >= 11 is 3.51. The minimum atomic E-state index is 0.100. The maximum Gasteiger partial charge on any atom is 0.0735 e. The fraction of sp³-hybridized carbons (Fsp3) is 0.333. The van der Waals surface area contributed by atoms with E-state index in [-0.39, 0.29) is 6.10 Å². The molecule has 1 aromatic rings. The van der Waals surface area contributed by atoms with E-state index in [1.54, 1.807) is 6.08 Å². The van der Waals surface area contributed by atoms with Gasteiger partial charge in [-0.2, -0.15) is 0 Å². The average Bonchev–Trinajstić information content (AvgIpc) is 2.16. The van der Waals surface area contributed by atoms with Crippen molar-refractivity contribution in [2.45, 2.75) is 26.6 Å². The average molecular weight is 255 g/mol. The second-order valence-corrected chi connectivity index (χ2v) is 4.20. The van der Waals surface area contributed by atoms with Gasteiger partial charge in [-0.3, -0.25) is 0 Å². The van der Waals surface area contributed by atoms with Gasteiger partial charge in [0, 0.05) is 4.47 Å². The summed E-state index contributed by atoms with van der Waals surface area (Å²) in [5, 5.41) is 0. The minimum Gasteiger partial charge on any atom is -0.370 e. The normalized spacial score (nSPS) is 12.5. The maximum atomic E-state index is 5.55. The molecule has 0 radical (unpaired) electrons. The summed E-state index contributed by atoms with van der Waals surface area (Å²) in [6.07, 6.45) is 1.89. The molecule has 0 amide bonds. The third-order valence-corrected chi connectivity index (χ3v) is 2.78. The summed E-state index contributed by atoms with van der Waals surface area (Å²) in [6, 6.07) is 6.26. The second-order valence-electron chi connectivity index (χ2n) is 3.35. The van der Waals surface area contributed by atoms with Crippen LogP contribution in [-0.4, -0.2) is 6.10 Å². The van der Waals surface area contributed by atoms with Gasteiger partial charge in [-0.15, -0.1) is 6.58 Å². The van der Waals surface area contributed by atoms with Gasteiger partial charge in [0.15, 0.2) is 0 Å². The van der Waals surface area contributed by atoms with E-state index in [4.69, 9.17) is 4.74 Å². The molecule has 0 fully saturated rings. The smallest absolute Gasteiger partial charge is 0.0735 e. The monoisotopic (exact) mass is 254 g/mol. The Labute approximate surface area is 93.9 Å². The summed E-state index contributed by atoms with van der Waals surface area (Å²) in [6.45, 7) is 8.34. The Morgan fingerprint density at radius 1 is 1.57 bits per heavy atom. The lowest BCUT2D eigenvalue weighted by atomic mass is 10.2. The van der Waals surface area contributed by atoms with Gasteiger partial charge in [-0.25, -0.2) is 0 Å². The van der Waals surface area contributed by atoms with Crippen LogP contribution in [0.4, 0.5) is 0 Å². The van der Waals surface area contributed by atoms with E-state index in [1.807, 2.05) is 6.92 Å². The van der Waals surface area contributed by atoms with Crippen molar-refractivity contribution < 1.29 is 4.74 Å². The molecule has 14 heavy (non-hydrogen) atoms. The van der Waals surface area contributed by atoms with Crippen molar-refractivity contribution in [2.24, 2.45) is 0 Å². The summed E-state index contributed by atoms with van der Waals surface area (Å²) in [7, 11) is 0. The van der Waals surface area contributed by atoms with Gasteiger partial charge in [0.1, 0.15) is 0 Å². The van der Waals surface area contributed by atoms with Crippen LogP contribution in [0.5, 0.6) is 0 Å². The SMILES string of the molecule is C=CC(C)OCc1ccc(C)cc1Br. The van der Waals surface area contributed by atoms with Gasteiger partial charge in [-0.05, 0) is 31.0 Å². The lowest BCUT2D eigenvalue weighted by molar-refractivity contribution is 0.0839. The van der Waals surface area contributed by atoms with Gasteiger partial charge in [0.25, 0.3) is 0 Å². The van der Waals surface area contributed by atoms with Crippen LogP contribution >= 0.6 is 15.9 Å². The first-order chi connectivity index (χ1) is 6.63. The van der Waals surface area contributed by atoms with Gasteiger partial charge in [0.2, 0.25) is 0 Å². The van der Waals surface area contributed by atoms with Crippen LogP contribution in [0.25, 0.3) is 0 Å². The molecule has 0 spiro atoms. The molecule has 2 heteroatoms. The Morgan fingerprint density at radius 3 is 2.86 bits per heavy atom. The molecule has 1 nitrogen and oxygen atoms in total. The summed E-state index contributed by atoms with van der Waals surface area (Å²) in [5.74, 6) is 0. The molecule has 0 N–H and O–H groups in total. The van der Waals surface area contributed by atoms with Crippen LogP contribution in [0.15, 0.2) is 35.3 Å². The quantitative estimate of drug-likeness (QED) is 0.742. The number of ether oxygens (including phenoxy) is 1. The molecule has 1 rings (SSSR count). The minimum absolute atomic E-state index is 0.100. The first-order valence-electron chi connectivity index (χ1n) is 4.62. The molecule has 76 valence electrons. The summed E-state index contributed by atoms with van der Waals surface area (Å²) < 4.78 is 6.66. The highest BCUT2D eigenvalue weighted by Crippen LogP contribution is 2.19. The van der Waals surface area contributed by atoms with Gasteiger partial charge < -0.3 is 4.74 Å². The van der Waals surface area contributed by atoms with E-state index in [0.717, 1.165) is 4.47 Å². The molecule has 0 bridgehead atoms. The molecule has 0 aliphatic carbocycles. The highest BCUT2D eigenvalue weighted by molar-refractivity contribution is 9.10. The van der Waals surface area contributed by atoms with E-state index in [0.29, 0.717) is 6.61 Å². The zero-order chi connectivity index (χ0) is 10.6. The topological polar surface area (TPSA) is 9.23 Å². The molecule has 0 aliphatic rings. The fourth-order valence-corrected chi connectivity index (χ4v) is 1.67. The Balaban J connectivity index is 2.63. The highest BCUT2D eigenvalue weighted by Gasteiger charge is 2.01. The molecule has 0 saturated carbocycles. The maximum absolute atomic E-state index is 5.55. The van der Waals surface area contributed by atoms with Crippen molar-refractivity contribution in [2.75, 3.05) is 0 Å². The molecule has 0 saturated heterocycles. The lowest BCUT2D eigenvalue weighted by Crippen LogP contribution is -2.04. The van der Waals surface area contributed by atoms with Crippen molar-refractivity contribution in [3.8, 4) is 0 Å². The van der Waals surface area contributed by atoms with Gasteiger partial charge >= 0.3 is 0 Å². The third kappa shape index (κ3) is 3.28. The van der Waals surface area contributed by atoms with E-state index >= 15 is 0 Å². The lowest BCUT2D eigenvalue weighted by Gasteiger charge is -2.10. The van der Waals surface area contributed by atoms with Crippen molar-refractivity contribution in [3.05, 3.63) is 46.5 Å². The zero-order valence-electron chi connectivity index (χ0n) is 8.59. The molecular formula is C12H15BrO. The van der Waals surface area contributed by atoms with Crippen LogP contribution in [0.3, 0.4) is 0 Å². The molecular weight excluding hydrogens is 240 g/mol. The Bertz CT molecular complexity index is 320. The number of benzene rings is 1. The van der Waals surface area contributed by atoms with Crippen LogP contribution in [0, 0.1) is 6.92 Å². The Morgan fingerprint density at radius 2 is 2.29 bits per heavy atom. The zero-order valence-corrected chi connectivity index (χ0v) is 10.2. The molecule has 1 unspecified atom stereocenters. The van der Waals surface area contributed by atoms with Crippen LogP contribution in [0.2, 0.25) is 0 Å². The van der Waals surface area contributed by atoms with E-state index in [2.05, 4.69) is 47.6 Å². The molecule has 0 aromatic heterocycles. The van der Waals surface area contributed by atoms with Crippen LogP contribution in [0.1, 0.15) is 18.1 Å². The van der Waals surface area contributed by atoms with Gasteiger partial charge in [-0.1, -0.05) is 34.1 Å². The standard InChI is InChI=1S/C12H15BrO/c1-4-10(3)14-8-11-6-5-9(2)7-12(11)13/h4-7,10H,1,8H2,2-3H3. The third-order valence-electron chi connectivity index (χ3n) is 2.04. The van der Waals surface area contributed by atoms with E-state index in [9.17, 15) is 0 Å². The first kappa shape index (κ1) is 11.5. The van der Waals surface area contributed by atoms with E-state index < -0.39 is 0 Å². The van der Waals surface area contributed by atoms with Crippen molar-refractivity contribution in [1.29, 1.82) is 0 Å². The van der Waals surface area contributed by atoms with Crippen molar-refractivity contribution >= 4 is 15.9 Å². The summed E-state index contributed by atoms with van der Waals surface area (Å²) in [5.41, 5.74) is 2.42. The molecule has 0 aliphatic heterocycles. The van der Waals surface area contributed by atoms with Crippen LogP contribution in [-0.2, 0) is 11.3 Å². The van der Waals surface area contributed by atoms with Crippen molar-refractivity contribution in [1.82, 2.24) is 0 Å². The fourth-order valence-electron chi connectivity index (χ4n) is 1.06. The number of rotatable bonds is 4. The molecule has 1 aromatic carbocycles. The Hall–Kier alpha value is -0.600. The Kier molecular flexibility index (Phi) is 4.36. The highest BCUT2D eigenvalue weighted by atomic mass is 79.9. The van der Waals surface area contributed by atoms with Gasteiger partial charge in [0.05, 0.1) is 12.7 Å². The number of hydrogen-bond acceptors (Lipinski definition) is 1. The first-order valence-corrected chi connectivity index (χ1v) is 5.42.